The van der Waals surface area contributed by atoms with Gasteiger partial charge < -0.3 is 20.1 Å². The van der Waals surface area contributed by atoms with Gasteiger partial charge in [-0.2, -0.15) is 0 Å². The summed E-state index contributed by atoms with van der Waals surface area (Å²) in [4.78, 5) is 24.5. The number of amides is 2. The predicted molar refractivity (Wildman–Crippen MR) is 101 cm³/mol. The fraction of sp³-hybridized carbons (Fsp3) is 0.889. The van der Waals surface area contributed by atoms with Gasteiger partial charge in [-0.05, 0) is 45.4 Å². The van der Waals surface area contributed by atoms with Gasteiger partial charge >= 0.3 is 0 Å². The number of halogens is 2. The lowest BCUT2D eigenvalue weighted by Gasteiger charge is -2.70. The van der Waals surface area contributed by atoms with Crippen molar-refractivity contribution in [2.75, 3.05) is 13.2 Å². The molecule has 5 rings (SSSR count). The van der Waals surface area contributed by atoms with Crippen LogP contribution in [0, 0.1) is 0 Å². The van der Waals surface area contributed by atoms with E-state index in [1.807, 2.05) is 6.92 Å². The van der Waals surface area contributed by atoms with Crippen LogP contribution in [-0.2, 0) is 19.1 Å². The Hall–Kier alpha value is -0.600. The number of ether oxygens (including phenoxy) is 2. The van der Waals surface area contributed by atoms with E-state index in [0.29, 0.717) is 13.0 Å². The summed E-state index contributed by atoms with van der Waals surface area (Å²) in [5.74, 6) is -0.175. The number of hydrogen-bond donors (Lipinski definition) is 3. The average molecular weight is 420 g/mol. The molecule has 3 N–H and O–H groups in total. The minimum Gasteiger partial charge on any atom is -0.368 e. The van der Waals surface area contributed by atoms with Gasteiger partial charge in [0.05, 0.1) is 16.9 Å². The van der Waals surface area contributed by atoms with Crippen molar-refractivity contribution in [2.24, 2.45) is 0 Å². The molecule has 152 valence electrons. The summed E-state index contributed by atoms with van der Waals surface area (Å²) in [5, 5.41) is 9.16. The van der Waals surface area contributed by atoms with Gasteiger partial charge in [0.2, 0.25) is 5.91 Å². The first-order valence-electron chi connectivity index (χ1n) is 9.70. The van der Waals surface area contributed by atoms with Crippen LogP contribution in [0.15, 0.2) is 0 Å². The summed E-state index contributed by atoms with van der Waals surface area (Å²) in [6.07, 6.45) is 4.12. The van der Waals surface area contributed by atoms with Crippen LogP contribution in [0.25, 0.3) is 0 Å². The Morgan fingerprint density at radius 1 is 1.15 bits per heavy atom. The van der Waals surface area contributed by atoms with Crippen molar-refractivity contribution < 1.29 is 19.1 Å². The third-order valence-electron chi connectivity index (χ3n) is 6.17. The van der Waals surface area contributed by atoms with Crippen LogP contribution in [0.2, 0.25) is 0 Å². The SMILES string of the molecule is CC1NCC(C(=O)NC23CC(NC(=O)COC4CCC(Cl)C(Cl)C4)(C2)C3)O1. The van der Waals surface area contributed by atoms with E-state index in [9.17, 15) is 9.59 Å². The fourth-order valence-electron chi connectivity index (χ4n) is 4.88. The molecule has 1 heterocycles. The zero-order valence-electron chi connectivity index (χ0n) is 15.4. The largest absolute Gasteiger partial charge is 0.368 e. The first-order valence-corrected chi connectivity index (χ1v) is 10.6. The zero-order chi connectivity index (χ0) is 19.2. The number of carbonyl (C=O) groups is 2. The van der Waals surface area contributed by atoms with Crippen LogP contribution in [0.5, 0.6) is 0 Å². The van der Waals surface area contributed by atoms with E-state index < -0.39 is 6.10 Å². The van der Waals surface area contributed by atoms with Gasteiger partial charge in [-0.3, -0.25) is 14.9 Å². The molecule has 5 unspecified atom stereocenters. The molecule has 5 fully saturated rings. The number of nitrogens with one attached hydrogen (secondary N) is 3. The van der Waals surface area contributed by atoms with Crippen LogP contribution in [0.1, 0.15) is 45.4 Å². The highest BCUT2D eigenvalue weighted by atomic mass is 35.5. The lowest BCUT2D eigenvalue weighted by atomic mass is 9.44. The molecule has 2 bridgehead atoms. The minimum absolute atomic E-state index is 0.00526. The highest BCUT2D eigenvalue weighted by Gasteiger charge is 2.69. The number of rotatable bonds is 6. The fourth-order valence-corrected chi connectivity index (χ4v) is 5.44. The van der Waals surface area contributed by atoms with Gasteiger partial charge in [-0.25, -0.2) is 0 Å². The molecule has 2 amide bonds. The van der Waals surface area contributed by atoms with Gasteiger partial charge in [0.1, 0.15) is 12.8 Å². The molecule has 1 saturated heterocycles. The molecule has 0 aromatic rings. The van der Waals surface area contributed by atoms with Crippen LogP contribution in [0.3, 0.4) is 0 Å². The summed E-state index contributed by atoms with van der Waals surface area (Å²) < 4.78 is 11.2. The highest BCUT2D eigenvalue weighted by molar-refractivity contribution is 6.30. The maximum atomic E-state index is 12.3. The normalized spacial score (nSPS) is 45.5. The maximum Gasteiger partial charge on any atom is 0.250 e. The van der Waals surface area contributed by atoms with Crippen molar-refractivity contribution in [1.29, 1.82) is 0 Å². The van der Waals surface area contributed by atoms with E-state index >= 15 is 0 Å². The van der Waals surface area contributed by atoms with E-state index in [4.69, 9.17) is 32.7 Å². The molecule has 27 heavy (non-hydrogen) atoms. The van der Waals surface area contributed by atoms with Crippen molar-refractivity contribution in [3.05, 3.63) is 0 Å². The smallest absolute Gasteiger partial charge is 0.250 e. The van der Waals surface area contributed by atoms with E-state index in [-0.39, 0.29) is 52.6 Å². The highest BCUT2D eigenvalue weighted by Crippen LogP contribution is 2.60. The molecule has 1 aliphatic heterocycles. The van der Waals surface area contributed by atoms with Crippen molar-refractivity contribution in [2.45, 2.75) is 85.7 Å². The summed E-state index contributed by atoms with van der Waals surface area (Å²) in [5.41, 5.74) is -0.358. The second-order valence-electron chi connectivity index (χ2n) is 8.58. The number of hydrogen-bond acceptors (Lipinski definition) is 5. The Labute approximate surface area is 169 Å². The minimum atomic E-state index is -0.429. The Kier molecular flexibility index (Phi) is 5.35. The third kappa shape index (κ3) is 4.08. The Morgan fingerprint density at radius 2 is 1.85 bits per heavy atom. The first-order chi connectivity index (χ1) is 12.8. The van der Waals surface area contributed by atoms with Gasteiger partial charge in [0.15, 0.2) is 6.10 Å². The second kappa shape index (κ2) is 7.34. The van der Waals surface area contributed by atoms with Crippen molar-refractivity contribution in [3.63, 3.8) is 0 Å². The lowest BCUT2D eigenvalue weighted by Crippen LogP contribution is -2.84. The van der Waals surface area contributed by atoms with Gasteiger partial charge in [0.25, 0.3) is 5.91 Å². The molecule has 7 nitrogen and oxygen atoms in total. The predicted octanol–water partition coefficient (Wildman–Crippen LogP) is 1.01. The maximum absolute atomic E-state index is 12.3. The van der Waals surface area contributed by atoms with Crippen molar-refractivity contribution >= 4 is 35.0 Å². The van der Waals surface area contributed by atoms with Gasteiger partial charge in [-0.1, -0.05) is 0 Å². The van der Waals surface area contributed by atoms with Crippen LogP contribution in [0.4, 0.5) is 0 Å². The molecule has 9 heteroatoms. The average Bonchev–Trinajstić information content (AvgIpc) is 2.99. The summed E-state index contributed by atoms with van der Waals surface area (Å²) in [6.45, 7) is 2.47. The van der Waals surface area contributed by atoms with Crippen LogP contribution >= 0.6 is 23.2 Å². The Bertz CT molecular complexity index is 600. The molecule has 0 spiro atoms. The third-order valence-corrected chi connectivity index (χ3v) is 7.30. The molecular formula is C18H27Cl2N3O4. The lowest BCUT2D eigenvalue weighted by molar-refractivity contribution is -0.157. The Balaban J connectivity index is 1.15. The monoisotopic (exact) mass is 419 g/mol. The molecule has 0 aromatic carbocycles. The van der Waals surface area contributed by atoms with Gasteiger partial charge in [-0.15, -0.1) is 23.2 Å². The zero-order valence-corrected chi connectivity index (χ0v) is 16.9. The molecule has 0 radical (unpaired) electrons. The van der Waals surface area contributed by atoms with Crippen LogP contribution in [-0.4, -0.2) is 65.2 Å². The van der Waals surface area contributed by atoms with Crippen molar-refractivity contribution in [3.8, 4) is 0 Å². The van der Waals surface area contributed by atoms with E-state index in [0.717, 1.165) is 32.1 Å². The summed E-state index contributed by atoms with van der Waals surface area (Å²) in [7, 11) is 0. The molecule has 5 atom stereocenters. The summed E-state index contributed by atoms with van der Waals surface area (Å²) in [6, 6.07) is 0. The van der Waals surface area contributed by atoms with E-state index in [1.165, 1.54) is 0 Å². The van der Waals surface area contributed by atoms with Gasteiger partial charge in [0, 0.05) is 17.6 Å². The van der Waals surface area contributed by atoms with E-state index in [2.05, 4.69) is 16.0 Å². The Morgan fingerprint density at radius 3 is 2.48 bits per heavy atom. The molecule has 4 aliphatic carbocycles. The topological polar surface area (TPSA) is 88.7 Å². The number of alkyl halides is 2. The second-order valence-corrected chi connectivity index (χ2v) is 9.70. The number of carbonyl (C=O) groups excluding carboxylic acids is 2. The molecular weight excluding hydrogens is 393 g/mol. The standard InChI is InChI=1S/C18H27Cl2N3O4/c1-10-21-5-14(27-10)16(25)23-18-7-17(8-18,9-18)22-15(24)6-26-11-2-3-12(19)13(20)4-11/h10-14,21H,2-9H2,1H3,(H,22,24)(H,23,25). The van der Waals surface area contributed by atoms with E-state index in [1.54, 1.807) is 0 Å². The van der Waals surface area contributed by atoms with Crippen molar-refractivity contribution in [1.82, 2.24) is 16.0 Å². The first kappa shape index (κ1) is 19.7. The quantitative estimate of drug-likeness (QED) is 0.559. The van der Waals surface area contributed by atoms with Crippen LogP contribution < -0.4 is 16.0 Å². The molecule has 4 saturated carbocycles. The molecule has 5 aliphatic rings. The molecule has 0 aromatic heterocycles. The summed E-state index contributed by atoms with van der Waals surface area (Å²) >= 11 is 12.3.